The van der Waals surface area contributed by atoms with Crippen LogP contribution >= 0.6 is 11.8 Å². The summed E-state index contributed by atoms with van der Waals surface area (Å²) in [5.74, 6) is 1.31. The van der Waals surface area contributed by atoms with Crippen molar-refractivity contribution >= 4 is 11.8 Å². The van der Waals surface area contributed by atoms with Crippen molar-refractivity contribution in [1.82, 2.24) is 0 Å². The lowest BCUT2D eigenvalue weighted by Crippen LogP contribution is -2.04. The fraction of sp³-hybridized carbons (Fsp3) is 0.714. The van der Waals surface area contributed by atoms with Crippen molar-refractivity contribution in [2.45, 2.75) is 18.1 Å². The summed E-state index contributed by atoms with van der Waals surface area (Å²) in [7, 11) is 0. The zero-order valence-corrected chi connectivity index (χ0v) is 6.32. The number of rotatable bonds is 3. The Morgan fingerprint density at radius 1 is 1.78 bits per heavy atom. The lowest BCUT2D eigenvalue weighted by Gasteiger charge is -2.05. The average molecular weight is 144 g/mol. The normalized spacial score (nSPS) is 26.0. The highest BCUT2D eigenvalue weighted by atomic mass is 32.2. The fourth-order valence-corrected chi connectivity index (χ4v) is 2.13. The lowest BCUT2D eigenvalue weighted by atomic mass is 10.3. The molecule has 1 heterocycles. The van der Waals surface area contributed by atoms with E-state index in [9.17, 15) is 0 Å². The molecule has 0 aromatic heterocycles. The van der Waals surface area contributed by atoms with Crippen LogP contribution in [0.25, 0.3) is 0 Å². The van der Waals surface area contributed by atoms with Crippen LogP contribution < -0.4 is 0 Å². The summed E-state index contributed by atoms with van der Waals surface area (Å²) in [6.07, 6.45) is 4.20. The molecule has 0 aliphatic carbocycles. The van der Waals surface area contributed by atoms with E-state index in [1.54, 1.807) is 0 Å². The van der Waals surface area contributed by atoms with E-state index >= 15 is 0 Å². The Labute approximate surface area is 60.5 Å². The number of hydrogen-bond donors (Lipinski definition) is 0. The SMILES string of the molecule is C=COCC1CCCS1. The summed E-state index contributed by atoms with van der Waals surface area (Å²) in [6, 6.07) is 0. The Bertz CT molecular complexity index is 86.9. The molecule has 0 spiro atoms. The van der Waals surface area contributed by atoms with Crippen molar-refractivity contribution in [3.63, 3.8) is 0 Å². The molecule has 1 fully saturated rings. The predicted molar refractivity (Wildman–Crippen MR) is 41.6 cm³/mol. The van der Waals surface area contributed by atoms with E-state index in [1.807, 2.05) is 11.8 Å². The minimum Gasteiger partial charge on any atom is -0.501 e. The summed E-state index contributed by atoms with van der Waals surface area (Å²) in [4.78, 5) is 0. The van der Waals surface area contributed by atoms with Crippen LogP contribution in [-0.4, -0.2) is 17.6 Å². The zero-order valence-electron chi connectivity index (χ0n) is 5.51. The highest BCUT2D eigenvalue weighted by Gasteiger charge is 2.14. The Balaban J connectivity index is 2.04. The van der Waals surface area contributed by atoms with Gasteiger partial charge < -0.3 is 4.74 Å². The first-order valence-corrected chi connectivity index (χ1v) is 4.32. The van der Waals surface area contributed by atoms with Gasteiger partial charge in [-0.2, -0.15) is 11.8 Å². The Morgan fingerprint density at radius 2 is 2.67 bits per heavy atom. The molecular formula is C7H12OS. The number of hydrogen-bond acceptors (Lipinski definition) is 2. The van der Waals surface area contributed by atoms with E-state index in [0.29, 0.717) is 0 Å². The first kappa shape index (κ1) is 7.00. The van der Waals surface area contributed by atoms with Gasteiger partial charge in [0.25, 0.3) is 0 Å². The maximum atomic E-state index is 5.06. The molecule has 52 valence electrons. The maximum Gasteiger partial charge on any atom is 0.0991 e. The minimum atomic E-state index is 0.739. The summed E-state index contributed by atoms with van der Waals surface area (Å²) < 4.78 is 5.06. The van der Waals surface area contributed by atoms with Gasteiger partial charge in [0.1, 0.15) is 0 Å². The van der Waals surface area contributed by atoms with Crippen LogP contribution in [0.4, 0.5) is 0 Å². The molecule has 0 aromatic rings. The zero-order chi connectivity index (χ0) is 6.53. The summed E-state index contributed by atoms with van der Waals surface area (Å²) >= 11 is 2.01. The van der Waals surface area contributed by atoms with Crippen molar-refractivity contribution in [2.24, 2.45) is 0 Å². The molecule has 1 rings (SSSR count). The van der Waals surface area contributed by atoms with Gasteiger partial charge in [-0.05, 0) is 18.6 Å². The van der Waals surface area contributed by atoms with E-state index in [2.05, 4.69) is 6.58 Å². The third-order valence-corrected chi connectivity index (χ3v) is 2.79. The van der Waals surface area contributed by atoms with E-state index in [-0.39, 0.29) is 0 Å². The highest BCUT2D eigenvalue weighted by Crippen LogP contribution is 2.25. The quantitative estimate of drug-likeness (QED) is 0.561. The van der Waals surface area contributed by atoms with Gasteiger partial charge >= 0.3 is 0 Å². The van der Waals surface area contributed by atoms with Crippen LogP contribution in [-0.2, 0) is 4.74 Å². The first-order valence-electron chi connectivity index (χ1n) is 3.27. The average Bonchev–Trinajstić information content (AvgIpc) is 2.34. The predicted octanol–water partition coefficient (Wildman–Crippen LogP) is 2.04. The van der Waals surface area contributed by atoms with Gasteiger partial charge in [-0.1, -0.05) is 6.58 Å². The van der Waals surface area contributed by atoms with Crippen molar-refractivity contribution < 1.29 is 4.74 Å². The first-order chi connectivity index (χ1) is 4.43. The van der Waals surface area contributed by atoms with Crippen LogP contribution in [0, 0.1) is 0 Å². The molecule has 1 aliphatic heterocycles. The number of thioether (sulfide) groups is 1. The van der Waals surface area contributed by atoms with Crippen LogP contribution in [0.15, 0.2) is 12.8 Å². The molecule has 1 aliphatic rings. The van der Waals surface area contributed by atoms with Gasteiger partial charge in [0.2, 0.25) is 0 Å². The molecule has 0 saturated carbocycles. The molecule has 9 heavy (non-hydrogen) atoms. The molecule has 1 atom stereocenters. The molecule has 0 aromatic carbocycles. The molecule has 0 bridgehead atoms. The van der Waals surface area contributed by atoms with Crippen molar-refractivity contribution in [3.05, 3.63) is 12.8 Å². The van der Waals surface area contributed by atoms with Crippen molar-refractivity contribution in [3.8, 4) is 0 Å². The van der Waals surface area contributed by atoms with Crippen LogP contribution in [0.1, 0.15) is 12.8 Å². The molecule has 2 heteroatoms. The Hall–Kier alpha value is -0.110. The standard InChI is InChI=1S/C7H12OS/c1-2-8-6-7-4-3-5-9-7/h2,7H,1,3-6H2. The Morgan fingerprint density at radius 3 is 3.22 bits per heavy atom. The molecule has 1 saturated heterocycles. The summed E-state index contributed by atoms with van der Waals surface area (Å²) in [5.41, 5.74) is 0. The minimum absolute atomic E-state index is 0.739. The van der Waals surface area contributed by atoms with E-state index in [4.69, 9.17) is 4.74 Å². The van der Waals surface area contributed by atoms with Gasteiger partial charge in [0, 0.05) is 5.25 Å². The summed E-state index contributed by atoms with van der Waals surface area (Å²) in [6.45, 7) is 4.35. The van der Waals surface area contributed by atoms with Gasteiger partial charge in [-0.15, -0.1) is 0 Å². The second kappa shape index (κ2) is 3.83. The maximum absolute atomic E-state index is 5.06. The van der Waals surface area contributed by atoms with Gasteiger partial charge in [-0.25, -0.2) is 0 Å². The Kier molecular flexibility index (Phi) is 2.98. The van der Waals surface area contributed by atoms with E-state index in [1.165, 1.54) is 24.9 Å². The molecule has 0 N–H and O–H groups in total. The topological polar surface area (TPSA) is 9.23 Å². The van der Waals surface area contributed by atoms with Crippen molar-refractivity contribution in [2.75, 3.05) is 12.4 Å². The molecular weight excluding hydrogens is 132 g/mol. The van der Waals surface area contributed by atoms with Crippen molar-refractivity contribution in [1.29, 1.82) is 0 Å². The summed E-state index contributed by atoms with van der Waals surface area (Å²) in [5, 5.41) is 0.739. The van der Waals surface area contributed by atoms with E-state index in [0.717, 1.165) is 11.9 Å². The lowest BCUT2D eigenvalue weighted by molar-refractivity contribution is 0.250. The molecule has 0 radical (unpaired) electrons. The largest absolute Gasteiger partial charge is 0.501 e. The molecule has 1 unspecified atom stereocenters. The highest BCUT2D eigenvalue weighted by molar-refractivity contribution is 8.00. The van der Waals surface area contributed by atoms with Gasteiger partial charge in [-0.3, -0.25) is 0 Å². The second-order valence-corrected chi connectivity index (χ2v) is 3.54. The van der Waals surface area contributed by atoms with Crippen LogP contribution in [0.2, 0.25) is 0 Å². The smallest absolute Gasteiger partial charge is 0.0991 e. The molecule has 0 amide bonds. The molecule has 1 nitrogen and oxygen atoms in total. The fourth-order valence-electron chi connectivity index (χ4n) is 0.951. The third kappa shape index (κ3) is 2.31. The van der Waals surface area contributed by atoms with Gasteiger partial charge in [0.05, 0.1) is 12.9 Å². The number of ether oxygens (including phenoxy) is 1. The van der Waals surface area contributed by atoms with Crippen LogP contribution in [0.3, 0.4) is 0 Å². The monoisotopic (exact) mass is 144 g/mol. The van der Waals surface area contributed by atoms with Crippen LogP contribution in [0.5, 0.6) is 0 Å². The van der Waals surface area contributed by atoms with E-state index < -0.39 is 0 Å². The third-order valence-electron chi connectivity index (χ3n) is 1.42. The van der Waals surface area contributed by atoms with Gasteiger partial charge in [0.15, 0.2) is 0 Å². The second-order valence-electron chi connectivity index (χ2n) is 2.14.